The first kappa shape index (κ1) is 22.4. The Morgan fingerprint density at radius 2 is 0.848 bits per heavy atom. The number of nitrogens with zero attached hydrogens (tertiary/aromatic N) is 2. The number of carbonyl (C=O) groups excluding carboxylic acids is 4. The minimum Gasteiger partial charge on any atom is -0.269 e. The summed E-state index contributed by atoms with van der Waals surface area (Å²) in [5, 5.41) is 0. The molecule has 0 radical (unpaired) electrons. The lowest BCUT2D eigenvalue weighted by Gasteiger charge is -2.26. The molecule has 0 N–H and O–H groups in total. The van der Waals surface area contributed by atoms with E-state index >= 15 is 0 Å². The lowest BCUT2D eigenvalue weighted by molar-refractivity contribution is -0.121. The largest absolute Gasteiger partial charge is 0.269 e. The quantitative estimate of drug-likeness (QED) is 0.637. The fourth-order valence-corrected chi connectivity index (χ4v) is 4.72. The lowest BCUT2D eigenvalue weighted by Crippen LogP contribution is -2.32. The van der Waals surface area contributed by atoms with Gasteiger partial charge in [0.2, 0.25) is 0 Å². The molecule has 2 aliphatic rings. The van der Waals surface area contributed by atoms with Gasteiger partial charge >= 0.3 is 0 Å². The number of anilines is 2. The highest BCUT2D eigenvalue weighted by molar-refractivity contribution is 6.29. The summed E-state index contributed by atoms with van der Waals surface area (Å²) < 4.78 is 0. The Morgan fingerprint density at radius 1 is 0.545 bits per heavy atom. The molecule has 168 valence electrons. The molecule has 0 fully saturated rings. The maximum atomic E-state index is 12.6. The summed E-state index contributed by atoms with van der Waals surface area (Å²) in [6, 6.07) is 7.87. The number of rotatable bonds is 6. The van der Waals surface area contributed by atoms with Crippen LogP contribution >= 0.6 is 0 Å². The van der Waals surface area contributed by atoms with Crippen molar-refractivity contribution in [2.24, 2.45) is 0 Å². The van der Waals surface area contributed by atoms with E-state index in [0.29, 0.717) is 17.8 Å². The van der Waals surface area contributed by atoms with Gasteiger partial charge in [0.25, 0.3) is 23.6 Å². The molecule has 2 heterocycles. The van der Waals surface area contributed by atoms with Gasteiger partial charge in [-0.25, -0.2) is 9.80 Å². The van der Waals surface area contributed by atoms with Crippen molar-refractivity contribution in [2.75, 3.05) is 9.80 Å². The van der Waals surface area contributed by atoms with Gasteiger partial charge in [-0.1, -0.05) is 38.1 Å². The molecule has 2 aromatic rings. The summed E-state index contributed by atoms with van der Waals surface area (Å²) in [6.45, 7) is 7.89. The van der Waals surface area contributed by atoms with Crippen molar-refractivity contribution in [3.8, 4) is 0 Å². The van der Waals surface area contributed by atoms with Crippen LogP contribution in [0.4, 0.5) is 11.4 Å². The summed E-state index contributed by atoms with van der Waals surface area (Å²) in [7, 11) is 0. The Balaban J connectivity index is 1.89. The monoisotopic (exact) mass is 442 g/mol. The third kappa shape index (κ3) is 3.71. The topological polar surface area (TPSA) is 74.8 Å². The number of carbonyl (C=O) groups is 4. The number of amides is 4. The van der Waals surface area contributed by atoms with Gasteiger partial charge in [0, 0.05) is 30.7 Å². The highest BCUT2D eigenvalue weighted by Crippen LogP contribution is 2.37. The fourth-order valence-electron chi connectivity index (χ4n) is 4.72. The van der Waals surface area contributed by atoms with E-state index < -0.39 is 0 Å². The summed E-state index contributed by atoms with van der Waals surface area (Å²) in [6.07, 6.45) is 7.01. The van der Waals surface area contributed by atoms with Gasteiger partial charge in [-0.3, -0.25) is 19.2 Å². The van der Waals surface area contributed by atoms with Crippen molar-refractivity contribution in [3.05, 3.63) is 82.0 Å². The lowest BCUT2D eigenvalue weighted by atomic mass is 9.91. The molecule has 0 saturated heterocycles. The van der Waals surface area contributed by atoms with Crippen LogP contribution in [0.3, 0.4) is 0 Å². The molecule has 0 saturated carbocycles. The molecule has 6 nitrogen and oxygen atoms in total. The zero-order valence-corrected chi connectivity index (χ0v) is 19.3. The molecule has 2 aromatic carbocycles. The molecule has 0 aromatic heterocycles. The maximum absolute atomic E-state index is 12.6. The van der Waals surface area contributed by atoms with Crippen LogP contribution in [-0.4, -0.2) is 23.6 Å². The van der Waals surface area contributed by atoms with E-state index in [1.165, 1.54) is 34.1 Å². The van der Waals surface area contributed by atoms with Crippen molar-refractivity contribution in [1.29, 1.82) is 0 Å². The minimum absolute atomic E-state index is 0.356. The van der Waals surface area contributed by atoms with Crippen molar-refractivity contribution >= 4 is 35.0 Å². The molecular formula is C27H26N2O4. The normalized spacial score (nSPS) is 15.5. The average Bonchev–Trinajstić information content (AvgIpc) is 3.29. The van der Waals surface area contributed by atoms with Crippen LogP contribution in [0.2, 0.25) is 0 Å². The first-order valence-corrected chi connectivity index (χ1v) is 11.1. The average molecular weight is 443 g/mol. The van der Waals surface area contributed by atoms with Crippen LogP contribution < -0.4 is 9.80 Å². The van der Waals surface area contributed by atoms with Crippen LogP contribution in [-0.2, 0) is 38.4 Å². The van der Waals surface area contributed by atoms with Crippen LogP contribution in [0.25, 0.3) is 0 Å². The molecule has 0 atom stereocenters. The molecule has 0 unspecified atom stereocenters. The number of aryl methyl sites for hydroxylation is 2. The second-order valence-electron chi connectivity index (χ2n) is 8.29. The second kappa shape index (κ2) is 8.62. The van der Waals surface area contributed by atoms with E-state index in [1.807, 2.05) is 52.0 Å². The van der Waals surface area contributed by atoms with Crippen LogP contribution in [0, 0.1) is 13.8 Å². The zero-order valence-electron chi connectivity index (χ0n) is 19.3. The van der Waals surface area contributed by atoms with E-state index in [4.69, 9.17) is 0 Å². The summed E-state index contributed by atoms with van der Waals surface area (Å²) in [5.41, 5.74) is 6.57. The van der Waals surface area contributed by atoms with E-state index in [0.717, 1.165) is 46.2 Å². The molecule has 6 heteroatoms. The van der Waals surface area contributed by atoms with Crippen molar-refractivity contribution in [3.63, 3.8) is 0 Å². The van der Waals surface area contributed by atoms with E-state index in [1.54, 1.807) is 0 Å². The zero-order chi connectivity index (χ0) is 23.9. The first-order chi connectivity index (χ1) is 15.8. The SMILES string of the molecule is CCc1ccc(Cc2ccc(CC)c(C)c2N2C(=O)C=CC2=O)c(N2C(=O)C=CC2=O)c1C. The fraction of sp³-hybridized carbons (Fsp3) is 0.259. The molecule has 2 aliphatic heterocycles. The van der Waals surface area contributed by atoms with Crippen LogP contribution in [0.15, 0.2) is 48.6 Å². The minimum atomic E-state index is -0.371. The van der Waals surface area contributed by atoms with E-state index in [2.05, 4.69) is 0 Å². The Bertz CT molecular complexity index is 1140. The first-order valence-electron chi connectivity index (χ1n) is 11.1. The molecule has 33 heavy (non-hydrogen) atoms. The molecule has 4 rings (SSSR count). The predicted molar refractivity (Wildman–Crippen MR) is 127 cm³/mol. The summed E-state index contributed by atoms with van der Waals surface area (Å²) in [5.74, 6) is -1.48. The van der Waals surface area contributed by atoms with Crippen LogP contribution in [0.1, 0.15) is 47.2 Å². The molecule has 4 amide bonds. The van der Waals surface area contributed by atoms with Gasteiger partial charge in [0.15, 0.2) is 0 Å². The van der Waals surface area contributed by atoms with Gasteiger partial charge in [0.05, 0.1) is 11.4 Å². The van der Waals surface area contributed by atoms with Crippen molar-refractivity contribution in [2.45, 2.75) is 47.0 Å². The molecular weight excluding hydrogens is 416 g/mol. The van der Waals surface area contributed by atoms with Crippen LogP contribution in [0.5, 0.6) is 0 Å². The summed E-state index contributed by atoms with van der Waals surface area (Å²) in [4.78, 5) is 52.6. The Labute approximate surface area is 193 Å². The second-order valence-corrected chi connectivity index (χ2v) is 8.29. The molecule has 0 spiro atoms. The van der Waals surface area contributed by atoms with E-state index in [9.17, 15) is 19.2 Å². The Kier molecular flexibility index (Phi) is 5.85. The smallest absolute Gasteiger partial charge is 0.258 e. The van der Waals surface area contributed by atoms with E-state index in [-0.39, 0.29) is 23.6 Å². The number of hydrogen-bond donors (Lipinski definition) is 0. The van der Waals surface area contributed by atoms with Gasteiger partial charge in [0.1, 0.15) is 0 Å². The maximum Gasteiger partial charge on any atom is 0.258 e. The third-order valence-electron chi connectivity index (χ3n) is 6.46. The predicted octanol–water partition coefficient (Wildman–Crippen LogP) is 3.88. The van der Waals surface area contributed by atoms with Crippen molar-refractivity contribution in [1.82, 2.24) is 0 Å². The Hall–Kier alpha value is -3.80. The highest BCUT2D eigenvalue weighted by Gasteiger charge is 2.32. The molecule has 0 bridgehead atoms. The Morgan fingerprint density at radius 3 is 1.15 bits per heavy atom. The van der Waals surface area contributed by atoms with Gasteiger partial charge in [-0.2, -0.15) is 0 Å². The highest BCUT2D eigenvalue weighted by atomic mass is 16.2. The molecule has 0 aliphatic carbocycles. The third-order valence-corrected chi connectivity index (χ3v) is 6.46. The standard InChI is InChI=1S/C27H26N2O4/c1-5-18-7-9-20(26(16(18)3)28-22(30)11-12-23(28)31)15-21-10-8-19(6-2)17(4)27(21)29-24(32)13-14-25(29)33/h7-14H,5-6,15H2,1-4H3. The van der Waals surface area contributed by atoms with Gasteiger partial charge in [-0.05, 0) is 60.1 Å². The van der Waals surface area contributed by atoms with Crippen molar-refractivity contribution < 1.29 is 19.2 Å². The number of benzene rings is 2. The number of imide groups is 2. The summed E-state index contributed by atoms with van der Waals surface area (Å²) >= 11 is 0. The van der Waals surface area contributed by atoms with Gasteiger partial charge < -0.3 is 0 Å². The van der Waals surface area contributed by atoms with Gasteiger partial charge in [-0.15, -0.1) is 0 Å². The number of hydrogen-bond acceptors (Lipinski definition) is 4.